The Balaban J connectivity index is 1.65. The predicted octanol–water partition coefficient (Wildman–Crippen LogP) is 1.48. The van der Waals surface area contributed by atoms with Crippen molar-refractivity contribution < 1.29 is 9.53 Å². The molecule has 0 spiro atoms. The fraction of sp³-hybridized carbons (Fsp3) is 0.471. The molecule has 0 aromatic heterocycles. The molecule has 3 N–H and O–H groups in total. The molecule has 0 atom stereocenters. The highest BCUT2D eigenvalue weighted by Gasteiger charge is 2.29. The number of carbonyl (C=O) groups excluding carboxylic acids is 1. The van der Waals surface area contributed by atoms with E-state index >= 15 is 0 Å². The van der Waals surface area contributed by atoms with E-state index in [1.165, 1.54) is 0 Å². The van der Waals surface area contributed by atoms with Crippen molar-refractivity contribution in [3.05, 3.63) is 41.7 Å². The Morgan fingerprint density at radius 1 is 1.04 bits per heavy atom. The molecular weight excluding hydrogens is 306 g/mol. The SMILES string of the molecule is CC(C)(C)OC(=O)N1CCN(C2=C(c3ccccc3)NNN2)CC1. The fourth-order valence-corrected chi connectivity index (χ4v) is 2.76. The molecule has 130 valence electrons. The normalized spacial score (nSPS) is 18.3. The average molecular weight is 331 g/mol. The molecule has 0 unspecified atom stereocenters. The zero-order valence-corrected chi connectivity index (χ0v) is 14.4. The van der Waals surface area contributed by atoms with Gasteiger partial charge in [-0.1, -0.05) is 30.3 Å². The molecule has 3 rings (SSSR count). The maximum atomic E-state index is 12.2. The van der Waals surface area contributed by atoms with Gasteiger partial charge in [0.1, 0.15) is 11.4 Å². The van der Waals surface area contributed by atoms with E-state index in [2.05, 4.69) is 33.4 Å². The monoisotopic (exact) mass is 331 g/mol. The quantitative estimate of drug-likeness (QED) is 0.763. The number of ether oxygens (including phenoxy) is 1. The molecule has 1 saturated heterocycles. The fourth-order valence-electron chi connectivity index (χ4n) is 2.76. The Morgan fingerprint density at radius 3 is 2.33 bits per heavy atom. The third-order valence-electron chi connectivity index (χ3n) is 3.92. The first-order chi connectivity index (χ1) is 11.4. The number of rotatable bonds is 2. The summed E-state index contributed by atoms with van der Waals surface area (Å²) in [6.07, 6.45) is -0.241. The second-order valence-corrected chi connectivity index (χ2v) is 6.92. The van der Waals surface area contributed by atoms with Gasteiger partial charge in [0.2, 0.25) is 0 Å². The van der Waals surface area contributed by atoms with Crippen molar-refractivity contribution in [1.82, 2.24) is 26.2 Å². The Labute approximate surface area is 142 Å². The highest BCUT2D eigenvalue weighted by atomic mass is 16.6. The van der Waals surface area contributed by atoms with Gasteiger partial charge < -0.3 is 14.5 Å². The van der Waals surface area contributed by atoms with Crippen LogP contribution in [0.4, 0.5) is 4.79 Å². The van der Waals surface area contributed by atoms with Crippen LogP contribution in [0.1, 0.15) is 26.3 Å². The Kier molecular flexibility index (Phi) is 4.53. The van der Waals surface area contributed by atoms with Crippen LogP contribution in [-0.4, -0.2) is 47.7 Å². The highest BCUT2D eigenvalue weighted by molar-refractivity contribution is 5.69. The van der Waals surface area contributed by atoms with Gasteiger partial charge in [0, 0.05) is 31.7 Å². The number of benzene rings is 1. The van der Waals surface area contributed by atoms with E-state index in [-0.39, 0.29) is 6.09 Å². The largest absolute Gasteiger partial charge is 0.444 e. The van der Waals surface area contributed by atoms with Crippen molar-refractivity contribution in [3.8, 4) is 0 Å². The molecule has 2 aliphatic rings. The van der Waals surface area contributed by atoms with Crippen molar-refractivity contribution in [1.29, 1.82) is 0 Å². The van der Waals surface area contributed by atoms with Crippen molar-refractivity contribution in [2.45, 2.75) is 26.4 Å². The van der Waals surface area contributed by atoms with Crippen LogP contribution in [0.3, 0.4) is 0 Å². The van der Waals surface area contributed by atoms with Crippen molar-refractivity contribution >= 4 is 11.8 Å². The molecule has 1 amide bonds. The number of piperazine rings is 1. The van der Waals surface area contributed by atoms with Crippen molar-refractivity contribution in [2.24, 2.45) is 0 Å². The van der Waals surface area contributed by atoms with E-state index < -0.39 is 5.60 Å². The minimum Gasteiger partial charge on any atom is -0.444 e. The first-order valence-electron chi connectivity index (χ1n) is 8.24. The lowest BCUT2D eigenvalue weighted by atomic mass is 10.1. The van der Waals surface area contributed by atoms with Gasteiger partial charge in [0.25, 0.3) is 0 Å². The number of carbonyl (C=O) groups is 1. The third kappa shape index (κ3) is 3.73. The summed E-state index contributed by atoms with van der Waals surface area (Å²) in [5.74, 6) is 1.00. The van der Waals surface area contributed by atoms with Crippen LogP contribution in [0.5, 0.6) is 0 Å². The van der Waals surface area contributed by atoms with Crippen LogP contribution in [0, 0.1) is 0 Å². The van der Waals surface area contributed by atoms with Gasteiger partial charge in [-0.2, -0.15) is 0 Å². The number of nitrogens with one attached hydrogen (secondary N) is 3. The van der Waals surface area contributed by atoms with Gasteiger partial charge in [-0.15, -0.1) is 5.53 Å². The molecule has 0 radical (unpaired) electrons. The average Bonchev–Trinajstić information content (AvgIpc) is 3.04. The van der Waals surface area contributed by atoms with Crippen LogP contribution < -0.4 is 16.4 Å². The van der Waals surface area contributed by atoms with E-state index in [0.29, 0.717) is 13.1 Å². The van der Waals surface area contributed by atoms with Gasteiger partial charge in [0.05, 0.1) is 5.70 Å². The summed E-state index contributed by atoms with van der Waals surface area (Å²) in [5, 5.41) is 0. The molecule has 1 aromatic rings. The lowest BCUT2D eigenvalue weighted by Gasteiger charge is -2.37. The first-order valence-corrected chi connectivity index (χ1v) is 8.24. The van der Waals surface area contributed by atoms with Gasteiger partial charge in [-0.3, -0.25) is 10.9 Å². The molecule has 2 heterocycles. The van der Waals surface area contributed by atoms with E-state index in [4.69, 9.17) is 4.74 Å². The van der Waals surface area contributed by atoms with Crippen molar-refractivity contribution in [2.75, 3.05) is 26.2 Å². The van der Waals surface area contributed by atoms with Crippen LogP contribution in [0.2, 0.25) is 0 Å². The molecule has 0 bridgehead atoms. The Bertz CT molecular complexity index is 616. The molecule has 0 saturated carbocycles. The first kappa shape index (κ1) is 16.4. The second kappa shape index (κ2) is 6.60. The number of hydrogen-bond acceptors (Lipinski definition) is 6. The second-order valence-electron chi connectivity index (χ2n) is 6.92. The number of hydrazine groups is 2. The summed E-state index contributed by atoms with van der Waals surface area (Å²) in [5.41, 5.74) is 11.0. The number of amides is 1. The minimum absolute atomic E-state index is 0.241. The number of hydrogen-bond donors (Lipinski definition) is 3. The molecule has 24 heavy (non-hydrogen) atoms. The lowest BCUT2D eigenvalue weighted by molar-refractivity contribution is 0.0165. The molecule has 7 nitrogen and oxygen atoms in total. The molecule has 0 aliphatic carbocycles. The minimum atomic E-state index is -0.460. The van der Waals surface area contributed by atoms with Gasteiger partial charge in [-0.05, 0) is 20.8 Å². The topological polar surface area (TPSA) is 68.9 Å². The van der Waals surface area contributed by atoms with E-state index in [9.17, 15) is 4.79 Å². The van der Waals surface area contributed by atoms with Crippen LogP contribution in [-0.2, 0) is 4.74 Å². The zero-order valence-electron chi connectivity index (χ0n) is 14.4. The summed E-state index contributed by atoms with van der Waals surface area (Å²) in [6, 6.07) is 10.2. The third-order valence-corrected chi connectivity index (χ3v) is 3.92. The molecular formula is C17H25N5O2. The Morgan fingerprint density at radius 2 is 1.71 bits per heavy atom. The van der Waals surface area contributed by atoms with Crippen LogP contribution in [0.25, 0.3) is 5.70 Å². The Hall–Kier alpha value is -2.41. The highest BCUT2D eigenvalue weighted by Crippen LogP contribution is 2.21. The van der Waals surface area contributed by atoms with E-state index in [1.807, 2.05) is 39.0 Å². The molecule has 1 fully saturated rings. The number of nitrogens with zero attached hydrogens (tertiary/aromatic N) is 2. The summed E-state index contributed by atoms with van der Waals surface area (Å²) >= 11 is 0. The maximum absolute atomic E-state index is 12.2. The van der Waals surface area contributed by atoms with Gasteiger partial charge >= 0.3 is 6.09 Å². The molecule has 2 aliphatic heterocycles. The summed E-state index contributed by atoms with van der Waals surface area (Å²) < 4.78 is 5.44. The zero-order chi connectivity index (χ0) is 17.2. The predicted molar refractivity (Wildman–Crippen MR) is 92.1 cm³/mol. The smallest absolute Gasteiger partial charge is 0.410 e. The van der Waals surface area contributed by atoms with Crippen molar-refractivity contribution in [3.63, 3.8) is 0 Å². The van der Waals surface area contributed by atoms with Crippen LogP contribution >= 0.6 is 0 Å². The molecule has 7 heteroatoms. The van der Waals surface area contributed by atoms with Gasteiger partial charge in [-0.25, -0.2) is 4.79 Å². The van der Waals surface area contributed by atoms with E-state index in [0.717, 1.165) is 30.2 Å². The molecule has 1 aromatic carbocycles. The van der Waals surface area contributed by atoms with Gasteiger partial charge in [0.15, 0.2) is 0 Å². The summed E-state index contributed by atoms with van der Waals surface area (Å²) in [6.45, 7) is 8.44. The lowest BCUT2D eigenvalue weighted by Crippen LogP contribution is -2.51. The summed E-state index contributed by atoms with van der Waals surface area (Å²) in [7, 11) is 0. The van der Waals surface area contributed by atoms with Crippen LogP contribution in [0.15, 0.2) is 36.2 Å². The summed E-state index contributed by atoms with van der Waals surface area (Å²) in [4.78, 5) is 16.2. The van der Waals surface area contributed by atoms with E-state index in [1.54, 1.807) is 4.90 Å². The maximum Gasteiger partial charge on any atom is 0.410 e. The standard InChI is InChI=1S/C17H25N5O2/c1-17(2,3)24-16(23)22-11-9-21(10-12-22)15-14(18-20-19-15)13-7-5-4-6-8-13/h4-8,18-20H,9-12H2,1-3H3.